The first-order valence-corrected chi connectivity index (χ1v) is 10.3. The number of para-hydroxylation sites is 2. The van der Waals surface area contributed by atoms with Gasteiger partial charge in [0, 0.05) is 16.5 Å². The van der Waals surface area contributed by atoms with Gasteiger partial charge in [-0.3, -0.25) is 0 Å². The first-order chi connectivity index (χ1) is 15.3. The summed E-state index contributed by atoms with van der Waals surface area (Å²) in [6.45, 7) is 0. The van der Waals surface area contributed by atoms with E-state index in [-0.39, 0.29) is 0 Å². The fraction of sp³-hybridized carbons (Fsp3) is 0.0714. The van der Waals surface area contributed by atoms with Crippen LogP contribution in [-0.2, 0) is 0 Å². The van der Waals surface area contributed by atoms with E-state index >= 15 is 0 Å². The molecule has 1 aromatic heterocycles. The summed E-state index contributed by atoms with van der Waals surface area (Å²) < 4.78 is 13.0. The Labute approximate surface area is 181 Å². The minimum Gasteiger partial charge on any atom is -0.497 e. The molecule has 31 heavy (non-hydrogen) atoms. The second-order valence-electron chi connectivity index (χ2n) is 7.40. The third kappa shape index (κ3) is 3.44. The number of hydrogen-bond donors (Lipinski definition) is 0. The number of nitrogens with zero attached hydrogens (tertiary/aromatic N) is 1. The molecule has 0 radical (unpaired) electrons. The van der Waals surface area contributed by atoms with Crippen LogP contribution in [0.3, 0.4) is 0 Å². The molecule has 0 fully saturated rings. The SMILES string of the molecule is COc1ccc(/C=C/c2cccc3c4ccccc4n(-c4ccc(OC)cc4)c23)cc1. The number of rotatable bonds is 5. The highest BCUT2D eigenvalue weighted by molar-refractivity contribution is 6.12. The van der Waals surface area contributed by atoms with Crippen LogP contribution in [0.15, 0.2) is 91.0 Å². The van der Waals surface area contributed by atoms with Crippen LogP contribution < -0.4 is 9.47 Å². The topological polar surface area (TPSA) is 23.4 Å². The van der Waals surface area contributed by atoms with Gasteiger partial charge >= 0.3 is 0 Å². The minimum absolute atomic E-state index is 0.851. The van der Waals surface area contributed by atoms with Crippen molar-refractivity contribution >= 4 is 34.0 Å². The van der Waals surface area contributed by atoms with Crippen molar-refractivity contribution in [3.63, 3.8) is 0 Å². The van der Waals surface area contributed by atoms with Crippen LogP contribution in [-0.4, -0.2) is 18.8 Å². The summed E-state index contributed by atoms with van der Waals surface area (Å²) in [5.41, 5.74) is 5.79. The monoisotopic (exact) mass is 405 g/mol. The quantitative estimate of drug-likeness (QED) is 0.295. The van der Waals surface area contributed by atoms with E-state index in [0.29, 0.717) is 0 Å². The third-order valence-electron chi connectivity index (χ3n) is 5.63. The van der Waals surface area contributed by atoms with Crippen LogP contribution in [0.25, 0.3) is 39.6 Å². The molecule has 0 aliphatic rings. The van der Waals surface area contributed by atoms with E-state index in [1.807, 2.05) is 24.3 Å². The van der Waals surface area contributed by atoms with Gasteiger partial charge in [0.25, 0.3) is 0 Å². The number of benzene rings is 4. The zero-order chi connectivity index (χ0) is 21.2. The van der Waals surface area contributed by atoms with Crippen LogP contribution in [0.5, 0.6) is 11.5 Å². The van der Waals surface area contributed by atoms with Gasteiger partial charge in [-0.2, -0.15) is 0 Å². The summed E-state index contributed by atoms with van der Waals surface area (Å²) >= 11 is 0. The van der Waals surface area contributed by atoms with Crippen molar-refractivity contribution in [3.05, 3.63) is 102 Å². The van der Waals surface area contributed by atoms with Crippen LogP contribution >= 0.6 is 0 Å². The Hall–Kier alpha value is -3.98. The van der Waals surface area contributed by atoms with Gasteiger partial charge < -0.3 is 14.0 Å². The Morgan fingerprint density at radius 2 is 1.26 bits per heavy atom. The Morgan fingerprint density at radius 3 is 1.97 bits per heavy atom. The van der Waals surface area contributed by atoms with Crippen molar-refractivity contribution in [1.82, 2.24) is 4.57 Å². The average Bonchev–Trinajstić information content (AvgIpc) is 3.18. The fourth-order valence-corrected chi connectivity index (χ4v) is 4.08. The summed E-state index contributed by atoms with van der Waals surface area (Å²) in [5.74, 6) is 1.71. The van der Waals surface area contributed by atoms with Gasteiger partial charge in [0.2, 0.25) is 0 Å². The zero-order valence-electron chi connectivity index (χ0n) is 17.6. The lowest BCUT2D eigenvalue weighted by Crippen LogP contribution is -1.95. The Kier molecular flexibility index (Phi) is 4.93. The lowest BCUT2D eigenvalue weighted by molar-refractivity contribution is 0.414. The van der Waals surface area contributed by atoms with Crippen molar-refractivity contribution in [1.29, 1.82) is 0 Å². The van der Waals surface area contributed by atoms with Crippen molar-refractivity contribution in [2.24, 2.45) is 0 Å². The molecule has 0 bridgehead atoms. The lowest BCUT2D eigenvalue weighted by Gasteiger charge is -2.10. The summed E-state index contributed by atoms with van der Waals surface area (Å²) in [6, 6.07) is 31.4. The van der Waals surface area contributed by atoms with Crippen LogP contribution in [0.2, 0.25) is 0 Å². The van der Waals surface area contributed by atoms with E-state index in [2.05, 4.69) is 83.4 Å². The molecule has 5 rings (SSSR count). The second-order valence-corrected chi connectivity index (χ2v) is 7.40. The van der Waals surface area contributed by atoms with Gasteiger partial charge in [-0.15, -0.1) is 0 Å². The molecule has 0 spiro atoms. The number of aromatic nitrogens is 1. The van der Waals surface area contributed by atoms with Crippen molar-refractivity contribution in [3.8, 4) is 17.2 Å². The molecule has 0 saturated carbocycles. The maximum Gasteiger partial charge on any atom is 0.119 e. The highest BCUT2D eigenvalue weighted by atomic mass is 16.5. The molecule has 3 heteroatoms. The molecule has 0 atom stereocenters. The maximum absolute atomic E-state index is 5.36. The van der Waals surface area contributed by atoms with Gasteiger partial charge in [0.05, 0.1) is 25.3 Å². The molecule has 0 aliphatic heterocycles. The molecule has 0 unspecified atom stereocenters. The predicted molar refractivity (Wildman–Crippen MR) is 129 cm³/mol. The molecular formula is C28H23NO2. The number of hydrogen-bond acceptors (Lipinski definition) is 2. The van der Waals surface area contributed by atoms with Crippen molar-refractivity contribution in [2.45, 2.75) is 0 Å². The van der Waals surface area contributed by atoms with Gasteiger partial charge in [-0.25, -0.2) is 0 Å². The maximum atomic E-state index is 5.36. The van der Waals surface area contributed by atoms with Gasteiger partial charge in [0.15, 0.2) is 0 Å². The normalized spacial score (nSPS) is 11.4. The summed E-state index contributed by atoms with van der Waals surface area (Å²) in [5, 5.41) is 2.48. The van der Waals surface area contributed by atoms with Gasteiger partial charge in [-0.1, -0.05) is 60.7 Å². The first kappa shape index (κ1) is 19.0. The molecule has 152 valence electrons. The van der Waals surface area contributed by atoms with Crippen molar-refractivity contribution in [2.75, 3.05) is 14.2 Å². The molecule has 0 amide bonds. The minimum atomic E-state index is 0.851. The zero-order valence-corrected chi connectivity index (χ0v) is 17.6. The number of ether oxygens (including phenoxy) is 2. The Balaban J connectivity index is 1.71. The van der Waals surface area contributed by atoms with Gasteiger partial charge in [-0.05, 0) is 53.6 Å². The van der Waals surface area contributed by atoms with E-state index in [4.69, 9.17) is 9.47 Å². The molecule has 0 saturated heterocycles. The molecule has 0 N–H and O–H groups in total. The molecular weight excluding hydrogens is 382 g/mol. The van der Waals surface area contributed by atoms with Crippen LogP contribution in [0.1, 0.15) is 11.1 Å². The third-order valence-corrected chi connectivity index (χ3v) is 5.63. The number of fused-ring (bicyclic) bond motifs is 3. The highest BCUT2D eigenvalue weighted by Crippen LogP contribution is 2.35. The van der Waals surface area contributed by atoms with E-state index in [1.54, 1.807) is 14.2 Å². The largest absolute Gasteiger partial charge is 0.497 e. The molecule has 1 heterocycles. The predicted octanol–water partition coefficient (Wildman–Crippen LogP) is 6.97. The van der Waals surface area contributed by atoms with E-state index in [0.717, 1.165) is 22.7 Å². The van der Waals surface area contributed by atoms with Gasteiger partial charge in [0.1, 0.15) is 11.5 Å². The number of methoxy groups -OCH3 is 2. The molecule has 5 aromatic rings. The average molecular weight is 405 g/mol. The lowest BCUT2D eigenvalue weighted by atomic mass is 10.1. The summed E-state index contributed by atoms with van der Waals surface area (Å²) in [7, 11) is 3.38. The second kappa shape index (κ2) is 8.04. The van der Waals surface area contributed by atoms with E-state index in [9.17, 15) is 0 Å². The highest BCUT2D eigenvalue weighted by Gasteiger charge is 2.14. The van der Waals surface area contributed by atoms with Crippen LogP contribution in [0, 0.1) is 0 Å². The van der Waals surface area contributed by atoms with E-state index < -0.39 is 0 Å². The molecule has 3 nitrogen and oxygen atoms in total. The molecule has 0 aliphatic carbocycles. The fourth-order valence-electron chi connectivity index (χ4n) is 4.08. The Bertz CT molecular complexity index is 1380. The summed E-state index contributed by atoms with van der Waals surface area (Å²) in [6.07, 6.45) is 4.33. The Morgan fingerprint density at radius 1 is 0.613 bits per heavy atom. The van der Waals surface area contributed by atoms with E-state index in [1.165, 1.54) is 27.4 Å². The smallest absolute Gasteiger partial charge is 0.119 e. The summed E-state index contributed by atoms with van der Waals surface area (Å²) in [4.78, 5) is 0. The van der Waals surface area contributed by atoms with Crippen molar-refractivity contribution < 1.29 is 9.47 Å². The van der Waals surface area contributed by atoms with Crippen LogP contribution in [0.4, 0.5) is 0 Å². The standard InChI is InChI=1S/C28H23NO2/c1-30-23-16-11-20(12-17-23)10-13-21-6-5-8-26-25-7-3-4-9-27(25)29(28(21)26)22-14-18-24(31-2)19-15-22/h3-19H,1-2H3/b13-10+. The first-order valence-electron chi connectivity index (χ1n) is 10.3. The molecule has 4 aromatic carbocycles.